The third-order valence-electron chi connectivity index (χ3n) is 8.74. The summed E-state index contributed by atoms with van der Waals surface area (Å²) in [6.07, 6.45) is 3.37. The molecule has 4 aliphatic heterocycles. The molecule has 2 aromatic rings. The Bertz CT molecular complexity index is 1450. The van der Waals surface area contributed by atoms with Crippen molar-refractivity contribution in [2.24, 2.45) is 5.92 Å². The molecule has 4 atom stereocenters. The van der Waals surface area contributed by atoms with Crippen LogP contribution in [0.15, 0.2) is 48.5 Å². The number of hydroxylamine groups is 2. The molecule has 4 aliphatic rings. The molecule has 224 valence electrons. The van der Waals surface area contributed by atoms with Crippen LogP contribution < -0.4 is 15.4 Å². The van der Waals surface area contributed by atoms with Crippen molar-refractivity contribution in [2.45, 2.75) is 69.7 Å². The quantitative estimate of drug-likeness (QED) is 0.499. The zero-order valence-electron chi connectivity index (χ0n) is 23.5. The minimum absolute atomic E-state index is 0.00466. The summed E-state index contributed by atoms with van der Waals surface area (Å²) in [4.78, 5) is 42.9. The fourth-order valence-corrected chi connectivity index (χ4v) is 9.01. The van der Waals surface area contributed by atoms with Gasteiger partial charge in [-0.05, 0) is 81.7 Å². The number of piperidine rings is 2. The van der Waals surface area contributed by atoms with Gasteiger partial charge in [0.1, 0.15) is 5.75 Å². The largest absolute Gasteiger partial charge is 0.479 e. The van der Waals surface area contributed by atoms with Crippen LogP contribution in [0, 0.1) is 5.92 Å². The van der Waals surface area contributed by atoms with Crippen LogP contribution in [0.3, 0.4) is 0 Å². The molecule has 42 heavy (non-hydrogen) atoms. The molecule has 0 spiro atoms. The van der Waals surface area contributed by atoms with Crippen LogP contribution in [0.4, 0.5) is 5.69 Å². The second-order valence-corrected chi connectivity index (χ2v) is 13.6. The van der Waals surface area contributed by atoms with Crippen molar-refractivity contribution in [2.75, 3.05) is 24.2 Å². The number of carbonyl (C=O) groups excluding carboxylic acids is 3. The number of carbonyl (C=O) groups is 3. The lowest BCUT2D eigenvalue weighted by Gasteiger charge is -2.39. The van der Waals surface area contributed by atoms with Crippen molar-refractivity contribution in [3.8, 4) is 5.75 Å². The lowest BCUT2D eigenvalue weighted by atomic mass is 9.99. The van der Waals surface area contributed by atoms with Crippen molar-refractivity contribution in [1.29, 1.82) is 0 Å². The Morgan fingerprint density at radius 1 is 1.00 bits per heavy atom. The second kappa shape index (κ2) is 11.7. The van der Waals surface area contributed by atoms with E-state index >= 15 is 0 Å². The second-order valence-electron chi connectivity index (χ2n) is 11.7. The lowest BCUT2D eigenvalue weighted by Crippen LogP contribution is -2.53. The number of fused-ring (bicyclic) bond motifs is 3. The van der Waals surface area contributed by atoms with Gasteiger partial charge in [-0.3, -0.25) is 9.59 Å². The van der Waals surface area contributed by atoms with E-state index in [0.717, 1.165) is 12.8 Å². The molecule has 2 aromatic carbocycles. The van der Waals surface area contributed by atoms with Crippen LogP contribution in [-0.4, -0.2) is 78.6 Å². The number of hydrogen-bond acceptors (Lipinski definition) is 8. The Labute approximate surface area is 245 Å². The summed E-state index contributed by atoms with van der Waals surface area (Å²) in [6.45, 7) is 2.66. The summed E-state index contributed by atoms with van der Waals surface area (Å²) >= 11 is 0. The molecular weight excluding hydrogens is 560 g/mol. The molecule has 2 bridgehead atoms. The SMILES string of the molecule is CC1Oc2ccc(C(=O)NC3C[C@H]4CC[C@@H](C3)N4S(=O)(=O)CC3CCN(OC(=O)c4ccccc4)CC3)cc2NC1=O. The molecule has 11 nitrogen and oxygen atoms in total. The predicted octanol–water partition coefficient (Wildman–Crippen LogP) is 2.95. The zero-order valence-corrected chi connectivity index (χ0v) is 24.3. The minimum atomic E-state index is -3.49. The first-order chi connectivity index (χ1) is 20.2. The maximum absolute atomic E-state index is 13.6. The van der Waals surface area contributed by atoms with Crippen LogP contribution in [-0.2, 0) is 19.7 Å². The van der Waals surface area contributed by atoms with E-state index in [-0.39, 0.29) is 41.6 Å². The standard InChI is InChI=1S/C30H36N4O7S/c1-19-28(35)32-26-15-22(7-10-27(26)40-19)29(36)31-23-16-24-8-9-25(17-23)34(24)42(38,39)18-20-11-13-33(14-12-20)41-30(37)21-5-3-2-4-6-21/h2-7,10,15,19-20,23-25H,8-9,11-14,16-18H2,1H3,(H,31,36)(H,32,35)/t19?,23?,24-,25+. The summed E-state index contributed by atoms with van der Waals surface area (Å²) < 4.78 is 34.5. The number of nitrogens with one attached hydrogen (secondary N) is 2. The maximum atomic E-state index is 13.6. The first-order valence-electron chi connectivity index (χ1n) is 14.6. The fourth-order valence-electron chi connectivity index (χ4n) is 6.62. The van der Waals surface area contributed by atoms with Crippen molar-refractivity contribution in [3.63, 3.8) is 0 Å². The Morgan fingerprint density at radius 3 is 2.38 bits per heavy atom. The van der Waals surface area contributed by atoms with E-state index in [1.807, 2.05) is 6.07 Å². The number of benzene rings is 2. The number of nitrogens with zero attached hydrogens (tertiary/aromatic N) is 2. The van der Waals surface area contributed by atoms with Crippen LogP contribution in [0.5, 0.6) is 5.75 Å². The summed E-state index contributed by atoms with van der Waals surface area (Å²) in [7, 11) is -3.49. The smallest absolute Gasteiger partial charge is 0.357 e. The highest BCUT2D eigenvalue weighted by Crippen LogP contribution is 2.39. The zero-order chi connectivity index (χ0) is 29.4. The van der Waals surface area contributed by atoms with E-state index in [1.54, 1.807) is 58.8 Å². The topological polar surface area (TPSA) is 134 Å². The number of rotatable bonds is 7. The van der Waals surface area contributed by atoms with E-state index in [9.17, 15) is 22.8 Å². The highest BCUT2D eigenvalue weighted by atomic mass is 32.2. The van der Waals surface area contributed by atoms with Crippen LogP contribution in [0.25, 0.3) is 0 Å². The van der Waals surface area contributed by atoms with E-state index in [2.05, 4.69) is 10.6 Å². The average Bonchev–Trinajstić information content (AvgIpc) is 3.26. The van der Waals surface area contributed by atoms with Gasteiger partial charge in [0.15, 0.2) is 6.10 Å². The Morgan fingerprint density at radius 2 is 1.69 bits per heavy atom. The van der Waals surface area contributed by atoms with Gasteiger partial charge in [-0.25, -0.2) is 13.2 Å². The lowest BCUT2D eigenvalue weighted by molar-refractivity contribution is -0.125. The average molecular weight is 597 g/mol. The van der Waals surface area contributed by atoms with E-state index in [4.69, 9.17) is 9.57 Å². The molecule has 12 heteroatoms. The van der Waals surface area contributed by atoms with Crippen molar-refractivity contribution in [3.05, 3.63) is 59.7 Å². The molecule has 2 unspecified atom stereocenters. The first-order valence-corrected chi connectivity index (χ1v) is 16.2. The number of amides is 2. The summed E-state index contributed by atoms with van der Waals surface area (Å²) in [5.41, 5.74) is 1.36. The normalized spacial score (nSPS) is 26.5. The molecule has 0 radical (unpaired) electrons. The van der Waals surface area contributed by atoms with Gasteiger partial charge in [-0.2, -0.15) is 4.31 Å². The number of sulfonamides is 1. The van der Waals surface area contributed by atoms with Crippen molar-refractivity contribution in [1.82, 2.24) is 14.7 Å². The molecule has 3 fully saturated rings. The van der Waals surface area contributed by atoms with E-state index < -0.39 is 22.1 Å². The molecule has 2 N–H and O–H groups in total. The van der Waals surface area contributed by atoms with Crippen LogP contribution in [0.2, 0.25) is 0 Å². The number of ether oxygens (including phenoxy) is 1. The number of hydrogen-bond donors (Lipinski definition) is 2. The van der Waals surface area contributed by atoms with Gasteiger partial charge in [-0.15, -0.1) is 5.06 Å². The number of anilines is 1. The Balaban J connectivity index is 1.01. The maximum Gasteiger partial charge on any atom is 0.357 e. The predicted molar refractivity (Wildman–Crippen MR) is 154 cm³/mol. The molecule has 2 amide bonds. The molecule has 4 heterocycles. The third-order valence-corrected chi connectivity index (χ3v) is 10.9. The van der Waals surface area contributed by atoms with Gasteiger partial charge >= 0.3 is 5.97 Å². The first kappa shape index (κ1) is 28.6. The molecule has 0 aromatic heterocycles. The fraction of sp³-hybridized carbons (Fsp3) is 0.500. The molecule has 0 saturated carbocycles. The minimum Gasteiger partial charge on any atom is -0.479 e. The third kappa shape index (κ3) is 6.02. The molecule has 0 aliphatic carbocycles. The van der Waals surface area contributed by atoms with Gasteiger partial charge in [0.2, 0.25) is 10.0 Å². The summed E-state index contributed by atoms with van der Waals surface area (Å²) in [5, 5.41) is 7.48. The van der Waals surface area contributed by atoms with Gasteiger partial charge in [0.05, 0.1) is 17.0 Å². The Hall–Kier alpha value is -3.48. The van der Waals surface area contributed by atoms with Crippen molar-refractivity contribution < 1.29 is 32.4 Å². The summed E-state index contributed by atoms with van der Waals surface area (Å²) in [5.74, 6) is -0.327. The molecular formula is C30H36N4O7S. The molecule has 3 saturated heterocycles. The van der Waals surface area contributed by atoms with Crippen molar-refractivity contribution >= 4 is 33.5 Å². The molecule has 6 rings (SSSR count). The van der Waals surface area contributed by atoms with E-state index in [0.29, 0.717) is 61.3 Å². The van der Waals surface area contributed by atoms with Gasteiger partial charge in [-0.1, -0.05) is 18.2 Å². The highest BCUT2D eigenvalue weighted by Gasteiger charge is 2.47. The Kier molecular flexibility index (Phi) is 7.95. The highest BCUT2D eigenvalue weighted by molar-refractivity contribution is 7.89. The van der Waals surface area contributed by atoms with Crippen LogP contribution in [0.1, 0.15) is 66.2 Å². The van der Waals surface area contributed by atoms with Crippen LogP contribution >= 0.6 is 0 Å². The van der Waals surface area contributed by atoms with E-state index in [1.165, 1.54) is 0 Å². The monoisotopic (exact) mass is 596 g/mol. The van der Waals surface area contributed by atoms with Gasteiger partial charge in [0.25, 0.3) is 11.8 Å². The van der Waals surface area contributed by atoms with Gasteiger partial charge in [0, 0.05) is 36.8 Å². The van der Waals surface area contributed by atoms with Gasteiger partial charge < -0.3 is 20.2 Å². The summed E-state index contributed by atoms with van der Waals surface area (Å²) in [6, 6.07) is 13.4.